The van der Waals surface area contributed by atoms with Crippen molar-refractivity contribution in [1.82, 2.24) is 4.98 Å². The summed E-state index contributed by atoms with van der Waals surface area (Å²) in [5.41, 5.74) is -0.0936. The maximum absolute atomic E-state index is 10.7. The predicted molar refractivity (Wildman–Crippen MR) is 65.5 cm³/mol. The molecule has 1 aromatic rings. The summed E-state index contributed by atoms with van der Waals surface area (Å²) >= 11 is 5.71. The largest absolute Gasteiger partial charge is 0.393 e. The van der Waals surface area contributed by atoms with Crippen LogP contribution in [-0.4, -0.2) is 34.7 Å². The Kier molecular flexibility index (Phi) is 4.65. The van der Waals surface area contributed by atoms with E-state index in [9.17, 15) is 10.1 Å². The summed E-state index contributed by atoms with van der Waals surface area (Å²) in [4.78, 5) is 15.9. The fourth-order valence-corrected chi connectivity index (χ4v) is 1.46. The molecule has 0 radical (unpaired) electrons. The van der Waals surface area contributed by atoms with Crippen molar-refractivity contribution < 1.29 is 10.0 Å². The van der Waals surface area contributed by atoms with Gasteiger partial charge in [0.1, 0.15) is 11.0 Å². The van der Waals surface area contributed by atoms with Crippen LogP contribution in [0.1, 0.15) is 13.3 Å². The number of halogens is 1. The van der Waals surface area contributed by atoms with Gasteiger partial charge in [0.2, 0.25) is 0 Å². The molecular weight excluding hydrogens is 246 g/mol. The molecule has 0 aliphatic rings. The summed E-state index contributed by atoms with van der Waals surface area (Å²) < 4.78 is 0. The summed E-state index contributed by atoms with van der Waals surface area (Å²) in [6.07, 6.45) is 0.130. The molecule has 0 amide bonds. The monoisotopic (exact) mass is 259 g/mol. The van der Waals surface area contributed by atoms with E-state index in [1.165, 1.54) is 12.1 Å². The van der Waals surface area contributed by atoms with Gasteiger partial charge in [-0.15, -0.1) is 0 Å². The van der Waals surface area contributed by atoms with Gasteiger partial charge in [0.05, 0.1) is 23.2 Å². The highest BCUT2D eigenvalue weighted by molar-refractivity contribution is 6.29. The van der Waals surface area contributed by atoms with E-state index in [4.69, 9.17) is 16.7 Å². The molecule has 1 rings (SSSR count). The first-order valence-corrected chi connectivity index (χ1v) is 5.49. The summed E-state index contributed by atoms with van der Waals surface area (Å²) in [5.74, 6) is 0.421. The van der Waals surface area contributed by atoms with E-state index in [0.29, 0.717) is 18.8 Å². The Hall–Kier alpha value is -1.40. The van der Waals surface area contributed by atoms with Gasteiger partial charge in [0.15, 0.2) is 0 Å². The number of aliphatic hydroxyl groups is 1. The first-order valence-electron chi connectivity index (χ1n) is 5.11. The van der Waals surface area contributed by atoms with E-state index in [-0.39, 0.29) is 10.8 Å². The summed E-state index contributed by atoms with van der Waals surface area (Å²) in [5, 5.41) is 19.9. The molecule has 0 fully saturated rings. The normalized spacial score (nSPS) is 12.2. The van der Waals surface area contributed by atoms with Gasteiger partial charge in [0.25, 0.3) is 5.69 Å². The Morgan fingerprint density at radius 2 is 2.29 bits per heavy atom. The molecule has 7 heteroatoms. The molecule has 94 valence electrons. The third-order valence-electron chi connectivity index (χ3n) is 2.25. The topological polar surface area (TPSA) is 79.5 Å². The van der Waals surface area contributed by atoms with Crippen molar-refractivity contribution in [3.63, 3.8) is 0 Å². The van der Waals surface area contributed by atoms with Crippen LogP contribution < -0.4 is 4.90 Å². The molecule has 1 aromatic heterocycles. The van der Waals surface area contributed by atoms with Crippen LogP contribution in [0.15, 0.2) is 12.1 Å². The van der Waals surface area contributed by atoms with Crippen LogP contribution in [-0.2, 0) is 0 Å². The van der Waals surface area contributed by atoms with Crippen molar-refractivity contribution in [2.75, 3.05) is 18.5 Å². The number of rotatable bonds is 5. The van der Waals surface area contributed by atoms with Crippen molar-refractivity contribution in [2.45, 2.75) is 19.4 Å². The van der Waals surface area contributed by atoms with Gasteiger partial charge >= 0.3 is 0 Å². The van der Waals surface area contributed by atoms with E-state index in [1.54, 1.807) is 18.9 Å². The van der Waals surface area contributed by atoms with Gasteiger partial charge in [-0.3, -0.25) is 10.1 Å². The quantitative estimate of drug-likeness (QED) is 0.496. The average molecular weight is 260 g/mol. The molecule has 17 heavy (non-hydrogen) atoms. The van der Waals surface area contributed by atoms with Gasteiger partial charge < -0.3 is 10.0 Å². The fraction of sp³-hybridized carbons (Fsp3) is 0.500. The lowest BCUT2D eigenvalue weighted by atomic mass is 10.2. The van der Waals surface area contributed by atoms with E-state index in [1.807, 2.05) is 0 Å². The zero-order chi connectivity index (χ0) is 13.0. The zero-order valence-electron chi connectivity index (χ0n) is 9.63. The van der Waals surface area contributed by atoms with Crippen LogP contribution in [0.4, 0.5) is 11.5 Å². The minimum atomic E-state index is -0.514. The molecule has 0 saturated carbocycles. The highest BCUT2D eigenvalue weighted by Gasteiger charge is 2.13. The van der Waals surface area contributed by atoms with E-state index >= 15 is 0 Å². The van der Waals surface area contributed by atoms with Gasteiger partial charge in [-0.1, -0.05) is 11.6 Å². The Bertz CT molecular complexity index is 412. The number of pyridine rings is 1. The maximum Gasteiger partial charge on any atom is 0.276 e. The van der Waals surface area contributed by atoms with Crippen molar-refractivity contribution in [2.24, 2.45) is 0 Å². The highest BCUT2D eigenvalue weighted by atomic mass is 35.5. The first-order chi connectivity index (χ1) is 7.90. The molecule has 0 bridgehead atoms. The van der Waals surface area contributed by atoms with Gasteiger partial charge in [-0.25, -0.2) is 4.98 Å². The summed E-state index contributed by atoms with van der Waals surface area (Å²) in [7, 11) is 1.74. The van der Waals surface area contributed by atoms with Crippen molar-refractivity contribution in [3.8, 4) is 0 Å². The molecule has 0 aromatic carbocycles. The minimum absolute atomic E-state index is 0.0816. The Morgan fingerprint density at radius 3 is 2.82 bits per heavy atom. The lowest BCUT2D eigenvalue weighted by Crippen LogP contribution is -2.22. The molecule has 1 unspecified atom stereocenters. The minimum Gasteiger partial charge on any atom is -0.393 e. The van der Waals surface area contributed by atoms with Crippen LogP contribution in [0, 0.1) is 10.1 Å². The molecular formula is C10H14ClN3O3. The molecule has 0 aliphatic heterocycles. The first kappa shape index (κ1) is 13.7. The molecule has 0 saturated heterocycles. The van der Waals surface area contributed by atoms with Crippen LogP contribution in [0.2, 0.25) is 5.15 Å². The summed E-state index contributed by atoms with van der Waals surface area (Å²) in [6.45, 7) is 2.23. The number of nitro groups is 1. The SMILES string of the molecule is CC(O)CCN(C)c1cc([N+](=O)[O-])cc(Cl)n1. The predicted octanol–water partition coefficient (Wildman–Crippen LogP) is 1.85. The third-order valence-corrected chi connectivity index (χ3v) is 2.44. The highest BCUT2D eigenvalue weighted by Crippen LogP contribution is 2.22. The molecule has 1 heterocycles. The van der Waals surface area contributed by atoms with Crippen LogP contribution in [0.25, 0.3) is 0 Å². The molecule has 0 spiro atoms. The van der Waals surface area contributed by atoms with Gasteiger partial charge in [-0.2, -0.15) is 0 Å². The number of aromatic nitrogens is 1. The van der Waals surface area contributed by atoms with E-state index in [0.717, 1.165) is 0 Å². The maximum atomic E-state index is 10.7. The van der Waals surface area contributed by atoms with Crippen LogP contribution in [0.5, 0.6) is 0 Å². The molecule has 1 N–H and O–H groups in total. The molecule has 6 nitrogen and oxygen atoms in total. The van der Waals surface area contributed by atoms with E-state index in [2.05, 4.69) is 4.98 Å². The Labute approximate surface area is 104 Å². The molecule has 0 aliphatic carbocycles. The summed E-state index contributed by atoms with van der Waals surface area (Å²) in [6, 6.07) is 2.56. The van der Waals surface area contributed by atoms with Crippen molar-refractivity contribution >= 4 is 23.1 Å². The number of hydrogen-bond donors (Lipinski definition) is 1. The Balaban J connectivity index is 2.86. The van der Waals surface area contributed by atoms with Crippen LogP contribution >= 0.6 is 11.6 Å². The second-order valence-electron chi connectivity index (χ2n) is 3.82. The van der Waals surface area contributed by atoms with E-state index < -0.39 is 11.0 Å². The smallest absolute Gasteiger partial charge is 0.276 e. The van der Waals surface area contributed by atoms with Crippen LogP contribution in [0.3, 0.4) is 0 Å². The third kappa shape index (κ3) is 4.16. The van der Waals surface area contributed by atoms with Crippen molar-refractivity contribution in [3.05, 3.63) is 27.4 Å². The number of anilines is 1. The average Bonchev–Trinajstić information content (AvgIpc) is 2.24. The number of hydrogen-bond acceptors (Lipinski definition) is 5. The van der Waals surface area contributed by atoms with Gasteiger partial charge in [0, 0.05) is 13.6 Å². The zero-order valence-corrected chi connectivity index (χ0v) is 10.4. The number of nitrogens with zero attached hydrogens (tertiary/aromatic N) is 3. The fourth-order valence-electron chi connectivity index (χ4n) is 1.27. The molecule has 1 atom stereocenters. The second kappa shape index (κ2) is 5.79. The van der Waals surface area contributed by atoms with Crippen molar-refractivity contribution in [1.29, 1.82) is 0 Å². The standard InChI is InChI=1S/C10H14ClN3O3/c1-7(15)3-4-13(2)10-6-8(14(16)17)5-9(11)12-10/h5-7,15H,3-4H2,1-2H3. The Morgan fingerprint density at radius 1 is 1.65 bits per heavy atom. The lowest BCUT2D eigenvalue weighted by molar-refractivity contribution is -0.384. The number of aliphatic hydroxyl groups excluding tert-OH is 1. The van der Waals surface area contributed by atoms with Gasteiger partial charge in [-0.05, 0) is 13.3 Å². The second-order valence-corrected chi connectivity index (χ2v) is 4.21. The lowest BCUT2D eigenvalue weighted by Gasteiger charge is -2.18.